The Kier molecular flexibility index (Phi) is 7.35. The maximum absolute atomic E-state index is 13.1. The van der Waals surface area contributed by atoms with E-state index in [0.717, 1.165) is 5.56 Å². The second-order valence-electron chi connectivity index (χ2n) is 7.17. The number of hydrogen-bond donors (Lipinski definition) is 0. The van der Waals surface area contributed by atoms with Gasteiger partial charge in [0.1, 0.15) is 23.2 Å². The lowest BCUT2D eigenvalue weighted by Gasteiger charge is -2.28. The summed E-state index contributed by atoms with van der Waals surface area (Å²) in [5, 5.41) is 3.63. The molecule has 0 unspecified atom stereocenters. The van der Waals surface area contributed by atoms with Crippen molar-refractivity contribution in [1.29, 1.82) is 0 Å². The fourth-order valence-corrected chi connectivity index (χ4v) is 8.09. The molecule has 0 aliphatic rings. The van der Waals surface area contributed by atoms with Crippen LogP contribution in [0.15, 0.2) is 115 Å². The minimum atomic E-state index is -4.33. The van der Waals surface area contributed by atoms with Gasteiger partial charge in [0.25, 0.3) is 0 Å². The highest BCUT2D eigenvalue weighted by Crippen LogP contribution is 2.58. The summed E-state index contributed by atoms with van der Waals surface area (Å²) in [6.45, 7) is 0. The fraction of sp³-hybridized carbons (Fsp3) is 0.0769. The first-order chi connectivity index (χ1) is 14.5. The summed E-state index contributed by atoms with van der Waals surface area (Å²) >= 11 is 0. The summed E-state index contributed by atoms with van der Waals surface area (Å²) in [4.78, 5) is 0. The summed E-state index contributed by atoms with van der Waals surface area (Å²) in [7, 11) is -2.11. The van der Waals surface area contributed by atoms with Crippen molar-refractivity contribution in [2.24, 2.45) is 0 Å². The van der Waals surface area contributed by atoms with E-state index in [1.807, 2.05) is 54.6 Å². The molecule has 0 aliphatic heterocycles. The van der Waals surface area contributed by atoms with Crippen LogP contribution >= 0.6 is 7.26 Å². The van der Waals surface area contributed by atoms with E-state index in [-0.39, 0.29) is 17.0 Å². The average Bonchev–Trinajstić information content (AvgIpc) is 2.79. The second kappa shape index (κ2) is 9.80. The zero-order valence-corrected chi connectivity index (χ0v) is 19.1. The molecule has 31 heavy (non-hydrogen) atoms. The third kappa shape index (κ3) is 4.92. The maximum Gasteiger partial charge on any atom is 0.416 e. The molecule has 4 aromatic carbocycles. The molecule has 0 nitrogen and oxygen atoms in total. The van der Waals surface area contributed by atoms with Gasteiger partial charge < -0.3 is 17.0 Å². The standard InChI is InChI=1S/C26H21F3P.BrH/c27-26(28,29)22-18-16-21(17-19-22)20-30(23-10-4-1-5-11-23,24-12-6-2-7-13-24)25-14-8-3-9-15-25;/h1-19H,20H2;1H/q+1;/p-1. The summed E-state index contributed by atoms with van der Waals surface area (Å²) < 4.78 is 39.2. The third-order valence-corrected chi connectivity index (χ3v) is 9.67. The predicted molar refractivity (Wildman–Crippen MR) is 120 cm³/mol. The summed E-state index contributed by atoms with van der Waals surface area (Å²) in [5.41, 5.74) is 0.280. The lowest BCUT2D eigenvalue weighted by Crippen LogP contribution is -3.00. The fourth-order valence-electron chi connectivity index (χ4n) is 3.84. The zero-order valence-electron chi connectivity index (χ0n) is 16.6. The zero-order chi connectivity index (χ0) is 21.0. The van der Waals surface area contributed by atoms with Gasteiger partial charge in [0.2, 0.25) is 0 Å². The van der Waals surface area contributed by atoms with Crippen molar-refractivity contribution in [2.45, 2.75) is 12.3 Å². The van der Waals surface area contributed by atoms with E-state index in [4.69, 9.17) is 0 Å². The van der Waals surface area contributed by atoms with Gasteiger partial charge in [-0.1, -0.05) is 66.7 Å². The van der Waals surface area contributed by atoms with Gasteiger partial charge in [-0.3, -0.25) is 0 Å². The monoisotopic (exact) mass is 500 g/mol. The largest absolute Gasteiger partial charge is 1.00 e. The van der Waals surface area contributed by atoms with E-state index in [2.05, 4.69) is 36.4 Å². The van der Waals surface area contributed by atoms with Crippen LogP contribution < -0.4 is 32.9 Å². The van der Waals surface area contributed by atoms with E-state index >= 15 is 0 Å². The Morgan fingerprint density at radius 3 is 1.19 bits per heavy atom. The topological polar surface area (TPSA) is 0 Å². The first kappa shape index (κ1) is 23.2. The first-order valence-corrected chi connectivity index (χ1v) is 11.7. The molecule has 158 valence electrons. The molecular weight excluding hydrogens is 480 g/mol. The molecule has 0 fully saturated rings. The van der Waals surface area contributed by atoms with Crippen LogP contribution in [0.2, 0.25) is 0 Å². The Bertz CT molecular complexity index is 984. The molecule has 5 heteroatoms. The molecule has 0 amide bonds. The highest BCUT2D eigenvalue weighted by atomic mass is 79.9. The normalized spacial score (nSPS) is 11.6. The lowest BCUT2D eigenvalue weighted by atomic mass is 10.1. The van der Waals surface area contributed by atoms with Crippen LogP contribution in [-0.4, -0.2) is 0 Å². The van der Waals surface area contributed by atoms with Crippen molar-refractivity contribution in [3.05, 3.63) is 126 Å². The van der Waals surface area contributed by atoms with Crippen molar-refractivity contribution in [1.82, 2.24) is 0 Å². The quantitative estimate of drug-likeness (QED) is 0.369. The van der Waals surface area contributed by atoms with Crippen LogP contribution in [0.5, 0.6) is 0 Å². The smallest absolute Gasteiger partial charge is 0.416 e. The molecule has 0 spiro atoms. The Hall–Kier alpha value is -2.42. The van der Waals surface area contributed by atoms with Gasteiger partial charge in [-0.05, 0) is 54.1 Å². The van der Waals surface area contributed by atoms with Gasteiger partial charge in [-0.2, -0.15) is 13.2 Å². The van der Waals surface area contributed by atoms with Gasteiger partial charge in [-0.25, -0.2) is 0 Å². The minimum absolute atomic E-state index is 0. The van der Waals surface area contributed by atoms with Crippen LogP contribution in [-0.2, 0) is 12.3 Å². The lowest BCUT2D eigenvalue weighted by molar-refractivity contribution is -0.137. The second-order valence-corrected chi connectivity index (χ2v) is 10.7. The molecule has 0 saturated heterocycles. The molecule has 0 aromatic heterocycles. The van der Waals surface area contributed by atoms with E-state index in [1.54, 1.807) is 12.1 Å². The van der Waals surface area contributed by atoms with Crippen LogP contribution in [0.4, 0.5) is 13.2 Å². The molecule has 0 saturated carbocycles. The Morgan fingerprint density at radius 2 is 0.871 bits per heavy atom. The van der Waals surface area contributed by atoms with Gasteiger partial charge in [0.15, 0.2) is 0 Å². The summed E-state index contributed by atoms with van der Waals surface area (Å²) in [6, 6.07) is 36.6. The van der Waals surface area contributed by atoms with Crippen molar-refractivity contribution >= 4 is 23.2 Å². The van der Waals surface area contributed by atoms with E-state index < -0.39 is 19.0 Å². The van der Waals surface area contributed by atoms with Crippen molar-refractivity contribution in [2.75, 3.05) is 0 Å². The molecule has 0 bridgehead atoms. The van der Waals surface area contributed by atoms with Gasteiger partial charge in [0.05, 0.1) is 11.7 Å². The molecule has 0 N–H and O–H groups in total. The maximum atomic E-state index is 13.1. The van der Waals surface area contributed by atoms with Crippen molar-refractivity contribution < 1.29 is 30.2 Å². The van der Waals surface area contributed by atoms with Crippen LogP contribution in [0, 0.1) is 0 Å². The number of benzene rings is 4. The Balaban J connectivity index is 0.00000272. The molecule has 4 aromatic rings. The van der Waals surface area contributed by atoms with E-state index in [0.29, 0.717) is 6.16 Å². The van der Waals surface area contributed by atoms with Gasteiger partial charge in [0, 0.05) is 0 Å². The first-order valence-electron chi connectivity index (χ1n) is 9.71. The minimum Gasteiger partial charge on any atom is -1.00 e. The average molecular weight is 501 g/mol. The number of rotatable bonds is 5. The van der Waals surface area contributed by atoms with Gasteiger partial charge >= 0.3 is 6.18 Å². The Morgan fingerprint density at radius 1 is 0.516 bits per heavy atom. The van der Waals surface area contributed by atoms with Crippen LogP contribution in [0.1, 0.15) is 11.1 Å². The molecule has 0 atom stereocenters. The SMILES string of the molecule is FC(F)(F)c1ccc(C[P+](c2ccccc2)(c2ccccc2)c2ccccc2)cc1.[Br-]. The number of hydrogen-bond acceptors (Lipinski definition) is 0. The van der Waals surface area contributed by atoms with Crippen molar-refractivity contribution in [3.63, 3.8) is 0 Å². The van der Waals surface area contributed by atoms with Crippen LogP contribution in [0.3, 0.4) is 0 Å². The Labute approximate surface area is 191 Å². The number of halogens is 4. The molecule has 0 aliphatic carbocycles. The van der Waals surface area contributed by atoms with E-state index in [9.17, 15) is 13.2 Å². The number of alkyl halides is 3. The third-order valence-electron chi connectivity index (χ3n) is 5.29. The van der Waals surface area contributed by atoms with Crippen LogP contribution in [0.25, 0.3) is 0 Å². The highest BCUT2D eigenvalue weighted by Gasteiger charge is 2.45. The summed E-state index contributed by atoms with van der Waals surface area (Å²) in [5.74, 6) is 0. The highest BCUT2D eigenvalue weighted by molar-refractivity contribution is 7.95. The molecule has 4 rings (SSSR count). The molecule has 0 heterocycles. The van der Waals surface area contributed by atoms with Gasteiger partial charge in [-0.15, -0.1) is 0 Å². The predicted octanol–water partition coefficient (Wildman–Crippen LogP) is 3.20. The van der Waals surface area contributed by atoms with Crippen molar-refractivity contribution in [3.8, 4) is 0 Å². The molecular formula is C26H21BrF3P. The molecule has 0 radical (unpaired) electrons. The van der Waals surface area contributed by atoms with E-state index in [1.165, 1.54) is 28.0 Å². The summed E-state index contributed by atoms with van der Waals surface area (Å²) in [6.07, 6.45) is -3.67.